The highest BCUT2D eigenvalue weighted by Crippen LogP contribution is 2.40. The van der Waals surface area contributed by atoms with E-state index in [0.29, 0.717) is 17.6 Å². The zero-order chi connectivity index (χ0) is 11.9. The summed E-state index contributed by atoms with van der Waals surface area (Å²) < 4.78 is 5.80. The number of benzene rings is 1. The summed E-state index contributed by atoms with van der Waals surface area (Å²) in [5, 5.41) is 9.97. The highest BCUT2D eigenvalue weighted by Gasteiger charge is 2.29. The van der Waals surface area contributed by atoms with Gasteiger partial charge in [-0.3, -0.25) is 4.79 Å². The van der Waals surface area contributed by atoms with Gasteiger partial charge in [-0.15, -0.1) is 0 Å². The Morgan fingerprint density at radius 1 is 1.50 bits per heavy atom. The van der Waals surface area contributed by atoms with Crippen molar-refractivity contribution in [3.63, 3.8) is 0 Å². The van der Waals surface area contributed by atoms with E-state index in [4.69, 9.17) is 4.74 Å². The zero-order valence-corrected chi connectivity index (χ0v) is 9.83. The van der Waals surface area contributed by atoms with Crippen molar-refractivity contribution in [2.75, 3.05) is 0 Å². The molecule has 0 bridgehead atoms. The van der Waals surface area contributed by atoms with Gasteiger partial charge in [-0.25, -0.2) is 0 Å². The average molecular weight is 220 g/mol. The standard InChI is InChI=1S/C13H16O3/c1-8-6-11-9(12(15)10(8)7-14)4-5-13(2,3)16-11/h6-7,15H,4-5H2,1-3H3. The number of aryl methyl sites for hydroxylation is 1. The SMILES string of the molecule is Cc1cc2c(c(O)c1C=O)CCC(C)(C)O2. The van der Waals surface area contributed by atoms with Crippen LogP contribution in [0.25, 0.3) is 0 Å². The largest absolute Gasteiger partial charge is 0.507 e. The van der Waals surface area contributed by atoms with Crippen LogP contribution in [0.3, 0.4) is 0 Å². The first kappa shape index (κ1) is 11.0. The maximum absolute atomic E-state index is 10.9. The van der Waals surface area contributed by atoms with Crippen molar-refractivity contribution >= 4 is 6.29 Å². The lowest BCUT2D eigenvalue weighted by atomic mass is 9.91. The summed E-state index contributed by atoms with van der Waals surface area (Å²) in [4.78, 5) is 10.9. The molecule has 0 amide bonds. The third kappa shape index (κ3) is 1.66. The Bertz CT molecular complexity index is 447. The van der Waals surface area contributed by atoms with Crippen molar-refractivity contribution < 1.29 is 14.6 Å². The van der Waals surface area contributed by atoms with E-state index in [-0.39, 0.29) is 11.4 Å². The first-order valence-electron chi connectivity index (χ1n) is 5.44. The van der Waals surface area contributed by atoms with Gasteiger partial charge in [0.15, 0.2) is 6.29 Å². The molecule has 0 saturated heterocycles. The fourth-order valence-electron chi connectivity index (χ4n) is 2.08. The molecule has 0 aromatic heterocycles. The van der Waals surface area contributed by atoms with Gasteiger partial charge in [0.2, 0.25) is 0 Å². The summed E-state index contributed by atoms with van der Waals surface area (Å²) in [6.45, 7) is 5.85. The van der Waals surface area contributed by atoms with Crippen molar-refractivity contribution in [2.45, 2.75) is 39.2 Å². The monoisotopic (exact) mass is 220 g/mol. The summed E-state index contributed by atoms with van der Waals surface area (Å²) in [5.41, 5.74) is 1.69. The number of hydrogen-bond acceptors (Lipinski definition) is 3. The topological polar surface area (TPSA) is 46.5 Å². The lowest BCUT2D eigenvalue weighted by Crippen LogP contribution is -2.32. The maximum Gasteiger partial charge on any atom is 0.154 e. The van der Waals surface area contributed by atoms with E-state index in [1.807, 2.05) is 19.9 Å². The second-order valence-corrected chi connectivity index (χ2v) is 4.91. The Morgan fingerprint density at radius 3 is 2.81 bits per heavy atom. The number of ether oxygens (including phenoxy) is 1. The van der Waals surface area contributed by atoms with Crippen LogP contribution in [0.1, 0.15) is 41.8 Å². The van der Waals surface area contributed by atoms with Gasteiger partial charge in [0, 0.05) is 5.56 Å². The number of phenols is 1. The van der Waals surface area contributed by atoms with E-state index in [1.54, 1.807) is 6.92 Å². The average Bonchev–Trinajstić information content (AvgIpc) is 2.16. The molecule has 1 aromatic carbocycles. The number of hydrogen-bond donors (Lipinski definition) is 1. The highest BCUT2D eigenvalue weighted by molar-refractivity contribution is 5.83. The molecule has 0 spiro atoms. The van der Waals surface area contributed by atoms with Gasteiger partial charge in [0.25, 0.3) is 0 Å². The number of carbonyl (C=O) groups excluding carboxylic acids is 1. The summed E-state index contributed by atoms with van der Waals surface area (Å²) in [7, 11) is 0. The predicted octanol–water partition coefficient (Wildman–Crippen LogP) is 2.62. The molecule has 2 rings (SSSR count). The summed E-state index contributed by atoms with van der Waals surface area (Å²) in [6.07, 6.45) is 2.29. The van der Waals surface area contributed by atoms with Crippen LogP contribution >= 0.6 is 0 Å². The number of aromatic hydroxyl groups is 1. The number of rotatable bonds is 1. The Kier molecular flexibility index (Phi) is 2.41. The first-order chi connectivity index (χ1) is 7.44. The van der Waals surface area contributed by atoms with Crippen LogP contribution in [0.5, 0.6) is 11.5 Å². The molecule has 3 nitrogen and oxygen atoms in total. The number of phenolic OH excluding ortho intramolecular Hbond substituents is 1. The van der Waals surface area contributed by atoms with Crippen molar-refractivity contribution in [3.05, 3.63) is 22.8 Å². The van der Waals surface area contributed by atoms with Crippen molar-refractivity contribution in [1.82, 2.24) is 0 Å². The van der Waals surface area contributed by atoms with E-state index in [9.17, 15) is 9.90 Å². The van der Waals surface area contributed by atoms with Gasteiger partial charge in [-0.2, -0.15) is 0 Å². The minimum atomic E-state index is -0.200. The molecule has 1 N–H and O–H groups in total. The van der Waals surface area contributed by atoms with Gasteiger partial charge in [0.05, 0.1) is 5.56 Å². The zero-order valence-electron chi connectivity index (χ0n) is 9.83. The molecule has 0 aliphatic carbocycles. The molecule has 16 heavy (non-hydrogen) atoms. The van der Waals surface area contributed by atoms with Gasteiger partial charge in [-0.05, 0) is 45.2 Å². The lowest BCUT2D eigenvalue weighted by molar-refractivity contribution is 0.0835. The van der Waals surface area contributed by atoms with Crippen LogP contribution in [0, 0.1) is 6.92 Å². The molecule has 0 saturated carbocycles. The Hall–Kier alpha value is -1.51. The van der Waals surface area contributed by atoms with Gasteiger partial charge in [0.1, 0.15) is 17.1 Å². The Morgan fingerprint density at radius 2 is 2.19 bits per heavy atom. The van der Waals surface area contributed by atoms with Crippen LogP contribution < -0.4 is 4.74 Å². The molecule has 0 unspecified atom stereocenters. The maximum atomic E-state index is 10.9. The quantitative estimate of drug-likeness (QED) is 0.740. The number of fused-ring (bicyclic) bond motifs is 1. The smallest absolute Gasteiger partial charge is 0.154 e. The fourth-order valence-corrected chi connectivity index (χ4v) is 2.08. The van der Waals surface area contributed by atoms with Gasteiger partial charge >= 0.3 is 0 Å². The van der Waals surface area contributed by atoms with Crippen LogP contribution in [0.15, 0.2) is 6.07 Å². The summed E-state index contributed by atoms with van der Waals surface area (Å²) >= 11 is 0. The number of carbonyl (C=O) groups is 1. The molecule has 86 valence electrons. The number of aldehydes is 1. The molecule has 1 aromatic rings. The van der Waals surface area contributed by atoms with Crippen molar-refractivity contribution in [3.8, 4) is 11.5 Å². The van der Waals surface area contributed by atoms with Crippen LogP contribution in [-0.2, 0) is 6.42 Å². The van der Waals surface area contributed by atoms with E-state index in [2.05, 4.69) is 0 Å². The Labute approximate surface area is 95.0 Å². The molecule has 0 fully saturated rings. The van der Waals surface area contributed by atoms with Crippen molar-refractivity contribution in [1.29, 1.82) is 0 Å². The van der Waals surface area contributed by atoms with E-state index in [1.165, 1.54) is 0 Å². The van der Waals surface area contributed by atoms with E-state index in [0.717, 1.165) is 24.0 Å². The fraction of sp³-hybridized carbons (Fsp3) is 0.462. The molecular weight excluding hydrogens is 204 g/mol. The van der Waals surface area contributed by atoms with Crippen LogP contribution in [0.2, 0.25) is 0 Å². The minimum Gasteiger partial charge on any atom is -0.507 e. The normalized spacial score (nSPS) is 17.4. The highest BCUT2D eigenvalue weighted by atomic mass is 16.5. The third-order valence-corrected chi connectivity index (χ3v) is 3.09. The second-order valence-electron chi connectivity index (χ2n) is 4.91. The molecule has 1 heterocycles. The minimum absolute atomic E-state index is 0.0838. The summed E-state index contributed by atoms with van der Waals surface area (Å²) in [5.74, 6) is 0.789. The van der Waals surface area contributed by atoms with Crippen LogP contribution in [-0.4, -0.2) is 17.0 Å². The first-order valence-corrected chi connectivity index (χ1v) is 5.44. The molecular formula is C13H16O3. The molecule has 1 aliphatic rings. The predicted molar refractivity (Wildman–Crippen MR) is 61.3 cm³/mol. The van der Waals surface area contributed by atoms with Gasteiger partial charge in [-0.1, -0.05) is 0 Å². The summed E-state index contributed by atoms with van der Waals surface area (Å²) in [6, 6.07) is 1.83. The second kappa shape index (κ2) is 3.51. The lowest BCUT2D eigenvalue weighted by Gasteiger charge is -2.33. The Balaban J connectivity index is 2.57. The van der Waals surface area contributed by atoms with Crippen LogP contribution in [0.4, 0.5) is 0 Å². The van der Waals surface area contributed by atoms with Gasteiger partial charge < -0.3 is 9.84 Å². The van der Waals surface area contributed by atoms with E-state index < -0.39 is 0 Å². The molecule has 0 radical (unpaired) electrons. The molecule has 1 aliphatic heterocycles. The van der Waals surface area contributed by atoms with E-state index >= 15 is 0 Å². The van der Waals surface area contributed by atoms with Crippen molar-refractivity contribution in [2.24, 2.45) is 0 Å². The molecule has 0 atom stereocenters. The molecule has 3 heteroatoms. The third-order valence-electron chi connectivity index (χ3n) is 3.09.